The number of nitrogens with one attached hydrogen (secondary N) is 1. The van der Waals surface area contributed by atoms with Crippen LogP contribution in [0.2, 0.25) is 0 Å². The fraction of sp³-hybridized carbons (Fsp3) is 0.238. The van der Waals surface area contributed by atoms with Gasteiger partial charge in [-0.1, -0.05) is 12.1 Å². The summed E-state index contributed by atoms with van der Waals surface area (Å²) in [5.74, 6) is 0.448. The average molecular weight is 442 g/mol. The lowest BCUT2D eigenvalue weighted by Crippen LogP contribution is -2.25. The lowest BCUT2D eigenvalue weighted by Gasteiger charge is -2.08. The van der Waals surface area contributed by atoms with Crippen molar-refractivity contribution in [1.29, 1.82) is 0 Å². The van der Waals surface area contributed by atoms with Gasteiger partial charge in [0.2, 0.25) is 0 Å². The molecule has 0 saturated heterocycles. The van der Waals surface area contributed by atoms with Crippen LogP contribution in [-0.2, 0) is 6.54 Å². The average Bonchev–Trinajstić information content (AvgIpc) is 3.26. The van der Waals surface area contributed by atoms with Gasteiger partial charge in [-0.2, -0.15) is 5.10 Å². The number of benzene rings is 2. The molecule has 0 saturated carbocycles. The smallest absolute Gasteiger partial charge is 0.251 e. The molecule has 1 N–H and O–H groups in total. The second-order valence-electron chi connectivity index (χ2n) is 6.68. The summed E-state index contributed by atoms with van der Waals surface area (Å²) in [6.07, 6.45) is 2.65. The number of rotatable bonds is 6. The van der Waals surface area contributed by atoms with Crippen LogP contribution in [0, 0.1) is 6.92 Å². The van der Waals surface area contributed by atoms with Crippen LogP contribution in [0.5, 0.6) is 5.75 Å². The van der Waals surface area contributed by atoms with Crippen LogP contribution in [-0.4, -0.2) is 29.3 Å². The zero-order chi connectivity index (χ0) is 19.7. The molecule has 0 bridgehead atoms. The minimum absolute atomic E-state index is 0.158. The summed E-state index contributed by atoms with van der Waals surface area (Å²) in [7, 11) is 1.58. The van der Waals surface area contributed by atoms with Gasteiger partial charge in [0.25, 0.3) is 5.91 Å². The SMILES string of the molecule is COc1cc(C(=O)NCCCn2ncc3ccc(C)cc32)cc2oc(Br)cc12. The number of furan rings is 1. The second-order valence-corrected chi connectivity index (χ2v) is 7.46. The van der Waals surface area contributed by atoms with Crippen LogP contribution >= 0.6 is 15.9 Å². The van der Waals surface area contributed by atoms with Gasteiger partial charge in [0.1, 0.15) is 11.3 Å². The third-order valence-corrected chi connectivity index (χ3v) is 5.07. The molecule has 2 aromatic carbocycles. The van der Waals surface area contributed by atoms with Crippen molar-refractivity contribution in [3.05, 3.63) is 58.4 Å². The van der Waals surface area contributed by atoms with Crippen LogP contribution in [0.1, 0.15) is 22.3 Å². The Balaban J connectivity index is 1.40. The number of carbonyl (C=O) groups is 1. The molecule has 4 rings (SSSR count). The zero-order valence-corrected chi connectivity index (χ0v) is 17.2. The number of aryl methyl sites for hydroxylation is 2. The molecule has 0 aliphatic carbocycles. The molecule has 2 aromatic heterocycles. The third-order valence-electron chi connectivity index (χ3n) is 4.68. The van der Waals surface area contributed by atoms with Gasteiger partial charge >= 0.3 is 0 Å². The van der Waals surface area contributed by atoms with Crippen molar-refractivity contribution in [2.75, 3.05) is 13.7 Å². The van der Waals surface area contributed by atoms with Crippen LogP contribution < -0.4 is 10.1 Å². The molecule has 1 amide bonds. The van der Waals surface area contributed by atoms with Gasteiger partial charge < -0.3 is 14.5 Å². The zero-order valence-electron chi connectivity index (χ0n) is 15.7. The summed E-state index contributed by atoms with van der Waals surface area (Å²) in [6, 6.07) is 11.6. The van der Waals surface area contributed by atoms with Crippen molar-refractivity contribution in [3.63, 3.8) is 0 Å². The Morgan fingerprint density at radius 1 is 1.29 bits per heavy atom. The second kappa shape index (κ2) is 7.67. The molecule has 0 spiro atoms. The molecule has 0 aliphatic heterocycles. The molecule has 0 atom stereocenters. The Bertz CT molecular complexity index is 1160. The predicted molar refractivity (Wildman–Crippen MR) is 112 cm³/mol. The fourth-order valence-electron chi connectivity index (χ4n) is 3.27. The number of amides is 1. The maximum atomic E-state index is 12.5. The van der Waals surface area contributed by atoms with Crippen molar-refractivity contribution in [2.45, 2.75) is 19.9 Å². The predicted octanol–water partition coefficient (Wildman–Crippen LogP) is 4.68. The standard InChI is InChI=1S/C21H20BrN3O3/c1-13-4-5-14-12-24-25(17(14)8-13)7-3-6-23-21(26)15-9-18(27-2)16-11-20(22)28-19(16)10-15/h4-5,8-12H,3,6-7H2,1-2H3,(H,23,26). The summed E-state index contributed by atoms with van der Waals surface area (Å²) in [5.41, 5.74) is 3.43. The van der Waals surface area contributed by atoms with Gasteiger partial charge in [0.05, 0.1) is 24.2 Å². The van der Waals surface area contributed by atoms with Gasteiger partial charge in [-0.15, -0.1) is 0 Å². The minimum atomic E-state index is -0.158. The molecule has 0 unspecified atom stereocenters. The quantitative estimate of drug-likeness (QED) is 0.441. The highest BCUT2D eigenvalue weighted by atomic mass is 79.9. The Hall–Kier alpha value is -2.80. The Labute approximate surface area is 170 Å². The van der Waals surface area contributed by atoms with Crippen molar-refractivity contribution in [1.82, 2.24) is 15.1 Å². The molecule has 28 heavy (non-hydrogen) atoms. The molecule has 4 aromatic rings. The van der Waals surface area contributed by atoms with E-state index in [0.717, 1.165) is 29.3 Å². The highest BCUT2D eigenvalue weighted by molar-refractivity contribution is 9.10. The van der Waals surface area contributed by atoms with E-state index in [-0.39, 0.29) is 5.91 Å². The van der Waals surface area contributed by atoms with E-state index in [1.54, 1.807) is 19.2 Å². The Morgan fingerprint density at radius 2 is 2.14 bits per heavy atom. The van der Waals surface area contributed by atoms with Crippen molar-refractivity contribution in [3.8, 4) is 5.75 Å². The molecular formula is C21H20BrN3O3. The van der Waals surface area contributed by atoms with Crippen molar-refractivity contribution >= 4 is 43.7 Å². The number of hydrogen-bond acceptors (Lipinski definition) is 4. The van der Waals surface area contributed by atoms with Crippen LogP contribution in [0.3, 0.4) is 0 Å². The summed E-state index contributed by atoms with van der Waals surface area (Å²) in [4.78, 5) is 12.5. The van der Waals surface area contributed by atoms with Gasteiger partial charge in [-0.3, -0.25) is 9.48 Å². The number of halogens is 1. The number of hydrogen-bond donors (Lipinski definition) is 1. The molecule has 0 fully saturated rings. The summed E-state index contributed by atoms with van der Waals surface area (Å²) in [6.45, 7) is 3.36. The molecule has 144 valence electrons. The van der Waals surface area contributed by atoms with E-state index in [1.165, 1.54) is 5.56 Å². The monoisotopic (exact) mass is 441 g/mol. The van der Waals surface area contributed by atoms with E-state index >= 15 is 0 Å². The number of aromatic nitrogens is 2. The first-order chi connectivity index (χ1) is 13.5. The van der Waals surface area contributed by atoms with Gasteiger partial charge in [0, 0.05) is 30.1 Å². The molecular weight excluding hydrogens is 422 g/mol. The number of fused-ring (bicyclic) bond motifs is 2. The van der Waals surface area contributed by atoms with E-state index in [4.69, 9.17) is 9.15 Å². The van der Waals surface area contributed by atoms with E-state index < -0.39 is 0 Å². The maximum absolute atomic E-state index is 12.5. The van der Waals surface area contributed by atoms with Crippen LogP contribution in [0.25, 0.3) is 21.9 Å². The highest BCUT2D eigenvalue weighted by Gasteiger charge is 2.14. The van der Waals surface area contributed by atoms with Gasteiger partial charge in [-0.25, -0.2) is 0 Å². The molecule has 2 heterocycles. The molecule has 0 aliphatic rings. The Kier molecular flexibility index (Phi) is 5.09. The van der Waals surface area contributed by atoms with Crippen molar-refractivity contribution < 1.29 is 13.9 Å². The van der Waals surface area contributed by atoms with Crippen LogP contribution in [0.15, 0.2) is 51.7 Å². The number of ether oxygens (including phenoxy) is 1. The van der Waals surface area contributed by atoms with Crippen molar-refractivity contribution in [2.24, 2.45) is 0 Å². The summed E-state index contributed by atoms with van der Waals surface area (Å²) < 4.78 is 13.5. The number of nitrogens with zero attached hydrogens (tertiary/aromatic N) is 2. The van der Waals surface area contributed by atoms with E-state index in [0.29, 0.717) is 28.1 Å². The third kappa shape index (κ3) is 3.62. The van der Waals surface area contributed by atoms with E-state index in [1.807, 2.05) is 16.9 Å². The summed E-state index contributed by atoms with van der Waals surface area (Å²) in [5, 5.41) is 9.35. The first-order valence-corrected chi connectivity index (χ1v) is 9.82. The largest absolute Gasteiger partial charge is 0.496 e. The van der Waals surface area contributed by atoms with Gasteiger partial charge in [0.15, 0.2) is 4.67 Å². The fourth-order valence-corrected chi connectivity index (χ4v) is 3.67. The molecule has 6 nitrogen and oxygen atoms in total. The first kappa shape index (κ1) is 18.6. The minimum Gasteiger partial charge on any atom is -0.496 e. The van der Waals surface area contributed by atoms with E-state index in [2.05, 4.69) is 51.5 Å². The topological polar surface area (TPSA) is 69.3 Å². The normalized spacial score (nSPS) is 11.2. The number of carbonyl (C=O) groups excluding carboxylic acids is 1. The molecule has 0 radical (unpaired) electrons. The summed E-state index contributed by atoms with van der Waals surface area (Å²) >= 11 is 3.31. The van der Waals surface area contributed by atoms with Gasteiger partial charge in [-0.05, 0) is 53.0 Å². The Morgan fingerprint density at radius 3 is 2.96 bits per heavy atom. The lowest BCUT2D eigenvalue weighted by atomic mass is 10.1. The number of methoxy groups -OCH3 is 1. The first-order valence-electron chi connectivity index (χ1n) is 9.02. The van der Waals surface area contributed by atoms with E-state index in [9.17, 15) is 4.79 Å². The molecule has 7 heteroatoms. The lowest BCUT2D eigenvalue weighted by molar-refractivity contribution is 0.0952. The maximum Gasteiger partial charge on any atom is 0.251 e. The highest BCUT2D eigenvalue weighted by Crippen LogP contribution is 2.32. The van der Waals surface area contributed by atoms with Crippen LogP contribution in [0.4, 0.5) is 0 Å².